The van der Waals surface area contributed by atoms with Gasteiger partial charge in [0.25, 0.3) is 0 Å². The van der Waals surface area contributed by atoms with Crippen LogP contribution in [0.1, 0.15) is 18.4 Å². The Morgan fingerprint density at radius 3 is 2.65 bits per heavy atom. The maximum absolute atomic E-state index is 13.9. The molecular weight excluding hydrogens is 339 g/mol. The smallest absolute Gasteiger partial charge is 0.307 e. The van der Waals surface area contributed by atoms with Crippen LogP contribution in [0.2, 0.25) is 0 Å². The Kier molecular flexibility index (Phi) is 5.40. The second-order valence-electron chi connectivity index (χ2n) is 6.19. The number of rotatable bonds is 5. The van der Waals surface area contributed by atoms with E-state index in [1.165, 1.54) is 12.1 Å². The number of carboxylic acids is 1. The fourth-order valence-electron chi connectivity index (χ4n) is 3.00. The number of aromatic nitrogens is 2. The van der Waals surface area contributed by atoms with E-state index in [1.807, 2.05) is 0 Å². The number of aliphatic carboxylic acids is 1. The Morgan fingerprint density at radius 1 is 1.27 bits per heavy atom. The molecule has 1 aromatic carbocycles. The van der Waals surface area contributed by atoms with E-state index in [-0.39, 0.29) is 23.8 Å². The molecule has 1 saturated heterocycles. The number of hydrogen-bond donors (Lipinski definition) is 2. The van der Waals surface area contributed by atoms with Gasteiger partial charge in [-0.2, -0.15) is 0 Å². The van der Waals surface area contributed by atoms with E-state index in [2.05, 4.69) is 20.2 Å². The number of nitrogens with zero attached hydrogens (tertiary/aromatic N) is 3. The van der Waals surface area contributed by atoms with Crippen LogP contribution in [-0.2, 0) is 16.0 Å². The van der Waals surface area contributed by atoms with Crippen molar-refractivity contribution in [1.29, 1.82) is 0 Å². The number of benzene rings is 1. The first-order valence-electron chi connectivity index (χ1n) is 8.35. The quantitative estimate of drug-likeness (QED) is 0.850. The number of anilines is 2. The van der Waals surface area contributed by atoms with Crippen LogP contribution in [0.5, 0.6) is 0 Å². The summed E-state index contributed by atoms with van der Waals surface area (Å²) in [7, 11) is 0. The van der Waals surface area contributed by atoms with Crippen molar-refractivity contribution in [3.8, 4) is 0 Å². The van der Waals surface area contributed by atoms with Gasteiger partial charge >= 0.3 is 5.97 Å². The zero-order valence-electron chi connectivity index (χ0n) is 14.1. The molecule has 1 aromatic heterocycles. The van der Waals surface area contributed by atoms with Crippen LogP contribution in [0, 0.1) is 11.7 Å². The molecule has 1 aliphatic rings. The lowest BCUT2D eigenvalue weighted by Gasteiger charge is -2.31. The minimum atomic E-state index is -1.10. The average molecular weight is 358 g/mol. The number of amides is 1. The molecule has 1 fully saturated rings. The van der Waals surface area contributed by atoms with E-state index in [4.69, 9.17) is 5.11 Å². The van der Waals surface area contributed by atoms with E-state index in [0.29, 0.717) is 31.6 Å². The summed E-state index contributed by atoms with van der Waals surface area (Å²) < 4.78 is 13.9. The molecule has 0 spiro atoms. The van der Waals surface area contributed by atoms with Gasteiger partial charge in [0.15, 0.2) is 0 Å². The lowest BCUT2D eigenvalue weighted by molar-refractivity contribution is -0.136. The summed E-state index contributed by atoms with van der Waals surface area (Å²) >= 11 is 0. The first kappa shape index (κ1) is 17.8. The van der Waals surface area contributed by atoms with Crippen LogP contribution in [-0.4, -0.2) is 40.0 Å². The molecule has 26 heavy (non-hydrogen) atoms. The third kappa shape index (κ3) is 4.33. The van der Waals surface area contributed by atoms with Gasteiger partial charge in [0, 0.05) is 37.1 Å². The molecule has 1 aliphatic heterocycles. The largest absolute Gasteiger partial charge is 0.481 e. The van der Waals surface area contributed by atoms with E-state index >= 15 is 0 Å². The molecule has 136 valence electrons. The van der Waals surface area contributed by atoms with Gasteiger partial charge in [-0.25, -0.2) is 9.37 Å². The molecule has 0 aliphatic carbocycles. The summed E-state index contributed by atoms with van der Waals surface area (Å²) in [6.07, 6.45) is 5.90. The van der Waals surface area contributed by atoms with Gasteiger partial charge in [0.2, 0.25) is 5.91 Å². The average Bonchev–Trinajstić information content (AvgIpc) is 2.64. The van der Waals surface area contributed by atoms with Crippen LogP contribution < -0.4 is 10.2 Å². The third-order valence-electron chi connectivity index (χ3n) is 4.40. The van der Waals surface area contributed by atoms with Gasteiger partial charge in [0.05, 0.1) is 12.6 Å². The molecule has 2 heterocycles. The molecule has 0 radical (unpaired) electrons. The summed E-state index contributed by atoms with van der Waals surface area (Å²) in [6.45, 7) is 1.39. The second kappa shape index (κ2) is 7.90. The predicted octanol–water partition coefficient (Wildman–Crippen LogP) is 2.10. The van der Waals surface area contributed by atoms with Crippen LogP contribution in [0.25, 0.3) is 0 Å². The molecule has 0 saturated carbocycles. The highest BCUT2D eigenvalue weighted by Crippen LogP contribution is 2.23. The SMILES string of the molecule is O=C(O)Cc1ccc(NC(=O)C2CCN(c3cnccn3)CC2)cc1F. The van der Waals surface area contributed by atoms with Gasteiger partial charge in [-0.15, -0.1) is 0 Å². The molecule has 0 atom stereocenters. The number of hydrogen-bond acceptors (Lipinski definition) is 5. The highest BCUT2D eigenvalue weighted by Gasteiger charge is 2.26. The van der Waals surface area contributed by atoms with Gasteiger partial charge in [-0.1, -0.05) is 6.07 Å². The molecule has 0 unspecified atom stereocenters. The normalized spacial score (nSPS) is 14.9. The second-order valence-corrected chi connectivity index (χ2v) is 6.19. The Labute approximate surface area is 149 Å². The minimum absolute atomic E-state index is 0.0905. The molecular formula is C18H19FN4O3. The molecule has 8 heteroatoms. The molecule has 1 amide bonds. The fraction of sp³-hybridized carbons (Fsp3) is 0.333. The maximum Gasteiger partial charge on any atom is 0.307 e. The van der Waals surface area contributed by atoms with Crippen LogP contribution >= 0.6 is 0 Å². The van der Waals surface area contributed by atoms with Crippen LogP contribution in [0.3, 0.4) is 0 Å². The van der Waals surface area contributed by atoms with E-state index in [0.717, 1.165) is 11.9 Å². The third-order valence-corrected chi connectivity index (χ3v) is 4.40. The Hall–Kier alpha value is -3.03. The Balaban J connectivity index is 1.56. The number of piperidine rings is 1. The predicted molar refractivity (Wildman–Crippen MR) is 93.3 cm³/mol. The highest BCUT2D eigenvalue weighted by molar-refractivity contribution is 5.92. The molecule has 3 rings (SSSR count). The standard InChI is InChI=1S/C18H19FN4O3/c19-15-10-14(2-1-13(15)9-17(24)25)22-18(26)12-3-7-23(8-4-12)16-11-20-5-6-21-16/h1-2,5-6,10-12H,3-4,7-9H2,(H,22,26)(H,24,25). The summed E-state index contributed by atoms with van der Waals surface area (Å²) in [6, 6.07) is 4.06. The van der Waals surface area contributed by atoms with Crippen molar-refractivity contribution in [3.05, 3.63) is 48.2 Å². The molecule has 0 bridgehead atoms. The van der Waals surface area contributed by atoms with Gasteiger partial charge in [-0.05, 0) is 30.5 Å². The van der Waals surface area contributed by atoms with Crippen molar-refractivity contribution in [2.75, 3.05) is 23.3 Å². The highest BCUT2D eigenvalue weighted by atomic mass is 19.1. The van der Waals surface area contributed by atoms with Crippen molar-refractivity contribution < 1.29 is 19.1 Å². The number of carbonyl (C=O) groups excluding carboxylic acids is 1. The topological polar surface area (TPSA) is 95.4 Å². The Morgan fingerprint density at radius 2 is 2.04 bits per heavy atom. The van der Waals surface area contributed by atoms with E-state index in [9.17, 15) is 14.0 Å². The van der Waals surface area contributed by atoms with Gasteiger partial charge < -0.3 is 15.3 Å². The monoisotopic (exact) mass is 358 g/mol. The van der Waals surface area contributed by atoms with Crippen molar-refractivity contribution in [2.45, 2.75) is 19.3 Å². The first-order valence-corrected chi connectivity index (χ1v) is 8.35. The maximum atomic E-state index is 13.9. The molecule has 2 aromatic rings. The van der Waals surface area contributed by atoms with Crippen molar-refractivity contribution >= 4 is 23.4 Å². The van der Waals surface area contributed by atoms with Crippen LogP contribution in [0.15, 0.2) is 36.8 Å². The fourth-order valence-corrected chi connectivity index (χ4v) is 3.00. The van der Waals surface area contributed by atoms with Crippen molar-refractivity contribution in [2.24, 2.45) is 5.92 Å². The lowest BCUT2D eigenvalue weighted by atomic mass is 9.96. The zero-order valence-corrected chi connectivity index (χ0v) is 14.1. The first-order chi connectivity index (χ1) is 12.5. The lowest BCUT2D eigenvalue weighted by Crippen LogP contribution is -2.38. The van der Waals surface area contributed by atoms with Crippen molar-refractivity contribution in [3.63, 3.8) is 0 Å². The molecule has 2 N–H and O–H groups in total. The van der Waals surface area contributed by atoms with Gasteiger partial charge in [0.1, 0.15) is 11.6 Å². The summed E-state index contributed by atoms with van der Waals surface area (Å²) in [5.74, 6) is -1.26. The number of carboxylic acid groups (broad SMARTS) is 1. The Bertz CT molecular complexity index is 792. The van der Waals surface area contributed by atoms with Crippen molar-refractivity contribution in [1.82, 2.24) is 9.97 Å². The van der Waals surface area contributed by atoms with Gasteiger partial charge in [-0.3, -0.25) is 14.6 Å². The number of halogens is 1. The summed E-state index contributed by atoms with van der Waals surface area (Å²) in [5.41, 5.74) is 0.422. The number of carbonyl (C=O) groups is 2. The zero-order chi connectivity index (χ0) is 18.5. The summed E-state index contributed by atoms with van der Waals surface area (Å²) in [4.78, 5) is 33.5. The van der Waals surface area contributed by atoms with E-state index in [1.54, 1.807) is 18.6 Å². The summed E-state index contributed by atoms with van der Waals surface area (Å²) in [5, 5.41) is 11.4. The van der Waals surface area contributed by atoms with E-state index < -0.39 is 11.8 Å². The molecule has 7 nitrogen and oxygen atoms in total. The number of nitrogens with one attached hydrogen (secondary N) is 1. The van der Waals surface area contributed by atoms with Crippen LogP contribution in [0.4, 0.5) is 15.9 Å². The minimum Gasteiger partial charge on any atom is -0.481 e.